The van der Waals surface area contributed by atoms with Crippen LogP contribution in [-0.2, 0) is 16.1 Å². The van der Waals surface area contributed by atoms with Crippen molar-refractivity contribution in [3.05, 3.63) is 17.5 Å². The number of amides is 3. The van der Waals surface area contributed by atoms with Gasteiger partial charge < -0.3 is 20.3 Å². The molecule has 1 aromatic rings. The Bertz CT molecular complexity index is 888. The minimum absolute atomic E-state index is 0.146. The first-order chi connectivity index (χ1) is 16.4. The number of rotatable bonds is 7. The van der Waals surface area contributed by atoms with E-state index >= 15 is 0 Å². The van der Waals surface area contributed by atoms with Gasteiger partial charge in [0.1, 0.15) is 11.2 Å². The predicted molar refractivity (Wildman–Crippen MR) is 127 cm³/mol. The Kier molecular flexibility index (Phi) is 7.88. The Morgan fingerprint density at radius 2 is 1.88 bits per heavy atom. The summed E-state index contributed by atoms with van der Waals surface area (Å²) in [6, 6.07) is 1.67. The van der Waals surface area contributed by atoms with Crippen molar-refractivity contribution in [3.63, 3.8) is 0 Å². The van der Waals surface area contributed by atoms with E-state index in [9.17, 15) is 14.4 Å². The van der Waals surface area contributed by atoms with Crippen molar-refractivity contribution in [2.45, 2.75) is 70.0 Å². The summed E-state index contributed by atoms with van der Waals surface area (Å²) in [5.41, 5.74) is -0.522. The maximum Gasteiger partial charge on any atom is 0.272 e. The van der Waals surface area contributed by atoms with Crippen molar-refractivity contribution >= 4 is 17.7 Å². The van der Waals surface area contributed by atoms with Crippen molar-refractivity contribution in [1.82, 2.24) is 30.2 Å². The molecule has 3 heterocycles. The fourth-order valence-corrected chi connectivity index (χ4v) is 5.02. The van der Waals surface area contributed by atoms with Crippen LogP contribution in [0.4, 0.5) is 0 Å². The standard InChI is InChI=1S/C24H38N6O4/c1-24(23(33)26-18-8-5-3-4-6-9-18)17-30-20(22(32)28(24)2)16-19(27-30)21(31)25-10-7-11-29-12-14-34-15-13-29/h16,18H,3-15,17H2,1-2H3,(H,25,31)(H,26,33)/t24-/m1/s1. The summed E-state index contributed by atoms with van der Waals surface area (Å²) < 4.78 is 6.86. The summed E-state index contributed by atoms with van der Waals surface area (Å²) >= 11 is 0. The van der Waals surface area contributed by atoms with Crippen molar-refractivity contribution < 1.29 is 19.1 Å². The number of nitrogens with zero attached hydrogens (tertiary/aromatic N) is 4. The van der Waals surface area contributed by atoms with Crippen LogP contribution in [0.25, 0.3) is 0 Å². The lowest BCUT2D eigenvalue weighted by Crippen LogP contribution is -2.63. The van der Waals surface area contributed by atoms with Gasteiger partial charge in [-0.05, 0) is 32.7 Å². The number of nitrogens with one attached hydrogen (secondary N) is 2. The number of morpholine rings is 1. The molecule has 0 spiro atoms. The highest BCUT2D eigenvalue weighted by molar-refractivity contribution is 6.01. The highest BCUT2D eigenvalue weighted by atomic mass is 16.5. The minimum atomic E-state index is -1.06. The van der Waals surface area contributed by atoms with Gasteiger partial charge in [-0.2, -0.15) is 5.10 Å². The van der Waals surface area contributed by atoms with Crippen molar-refractivity contribution in [2.75, 3.05) is 46.4 Å². The molecule has 10 nitrogen and oxygen atoms in total. The van der Waals surface area contributed by atoms with Gasteiger partial charge in [0, 0.05) is 38.8 Å². The number of hydrogen-bond acceptors (Lipinski definition) is 6. The van der Waals surface area contributed by atoms with Gasteiger partial charge in [0.05, 0.1) is 19.8 Å². The highest BCUT2D eigenvalue weighted by Gasteiger charge is 2.46. The van der Waals surface area contributed by atoms with E-state index < -0.39 is 5.54 Å². The van der Waals surface area contributed by atoms with Crippen LogP contribution in [0.3, 0.4) is 0 Å². The van der Waals surface area contributed by atoms with E-state index in [1.165, 1.54) is 28.5 Å². The number of likely N-dealkylation sites (N-methyl/N-ethyl adjacent to an activating group) is 1. The molecule has 2 N–H and O–H groups in total. The smallest absolute Gasteiger partial charge is 0.272 e. The number of carbonyl (C=O) groups is 3. The molecule has 1 aliphatic carbocycles. The topological polar surface area (TPSA) is 109 Å². The number of ether oxygens (including phenoxy) is 1. The van der Waals surface area contributed by atoms with Crippen molar-refractivity contribution in [2.24, 2.45) is 0 Å². The van der Waals surface area contributed by atoms with Crippen LogP contribution in [0.15, 0.2) is 6.07 Å². The van der Waals surface area contributed by atoms with Gasteiger partial charge in [-0.15, -0.1) is 0 Å². The summed E-state index contributed by atoms with van der Waals surface area (Å²) in [7, 11) is 1.65. The van der Waals surface area contributed by atoms with E-state index in [4.69, 9.17) is 4.74 Å². The molecular formula is C24H38N6O4. The van der Waals surface area contributed by atoms with Crippen LogP contribution in [0.1, 0.15) is 72.8 Å². The number of aromatic nitrogens is 2. The fourth-order valence-electron chi connectivity index (χ4n) is 5.02. The summed E-state index contributed by atoms with van der Waals surface area (Å²) in [4.78, 5) is 42.8. The third-order valence-electron chi connectivity index (χ3n) is 7.45. The molecule has 34 heavy (non-hydrogen) atoms. The van der Waals surface area contributed by atoms with Crippen LogP contribution >= 0.6 is 0 Å². The molecule has 0 aromatic carbocycles. The number of carbonyl (C=O) groups excluding carboxylic acids is 3. The molecular weight excluding hydrogens is 436 g/mol. The van der Waals surface area contributed by atoms with Gasteiger partial charge in [0.15, 0.2) is 5.69 Å². The van der Waals surface area contributed by atoms with E-state index in [0.29, 0.717) is 12.2 Å². The molecule has 10 heteroatoms. The molecule has 1 saturated heterocycles. The van der Waals surface area contributed by atoms with Gasteiger partial charge in [-0.1, -0.05) is 25.7 Å². The lowest BCUT2D eigenvalue weighted by molar-refractivity contribution is -0.133. The quantitative estimate of drug-likeness (QED) is 0.451. The number of fused-ring (bicyclic) bond motifs is 1. The van der Waals surface area contributed by atoms with Gasteiger partial charge in [0.25, 0.3) is 11.8 Å². The van der Waals surface area contributed by atoms with Crippen LogP contribution < -0.4 is 10.6 Å². The van der Waals surface area contributed by atoms with Crippen LogP contribution in [-0.4, -0.2) is 95.3 Å². The zero-order chi connectivity index (χ0) is 24.1. The van der Waals surface area contributed by atoms with E-state index in [0.717, 1.165) is 65.0 Å². The lowest BCUT2D eigenvalue weighted by Gasteiger charge is -2.41. The molecule has 3 amide bonds. The predicted octanol–water partition coefficient (Wildman–Crippen LogP) is 1.02. The summed E-state index contributed by atoms with van der Waals surface area (Å²) in [5, 5.41) is 10.5. The largest absolute Gasteiger partial charge is 0.379 e. The van der Waals surface area contributed by atoms with Crippen LogP contribution in [0.5, 0.6) is 0 Å². The summed E-state index contributed by atoms with van der Waals surface area (Å²) in [6.07, 6.45) is 7.42. The first-order valence-electron chi connectivity index (χ1n) is 12.6. The van der Waals surface area contributed by atoms with Gasteiger partial charge in [0.2, 0.25) is 5.91 Å². The van der Waals surface area contributed by atoms with Gasteiger partial charge in [-0.3, -0.25) is 24.0 Å². The number of hydrogen-bond donors (Lipinski definition) is 2. The maximum atomic E-state index is 13.3. The van der Waals surface area contributed by atoms with E-state index in [1.54, 1.807) is 14.0 Å². The first-order valence-corrected chi connectivity index (χ1v) is 12.6. The van der Waals surface area contributed by atoms with E-state index in [-0.39, 0.29) is 36.0 Å². The second-order valence-corrected chi connectivity index (χ2v) is 9.94. The Morgan fingerprint density at radius 3 is 2.59 bits per heavy atom. The SMILES string of the molecule is CN1C(=O)c2cc(C(=O)NCCCN3CCOCC3)nn2C[C@]1(C)C(=O)NC1CCCCCC1. The van der Waals surface area contributed by atoms with E-state index in [1.807, 2.05) is 0 Å². The molecule has 0 radical (unpaired) electrons. The molecule has 0 unspecified atom stereocenters. The Hall–Kier alpha value is -2.46. The van der Waals surface area contributed by atoms with Gasteiger partial charge in [-0.25, -0.2) is 0 Å². The Labute approximate surface area is 201 Å². The third-order valence-corrected chi connectivity index (χ3v) is 7.45. The van der Waals surface area contributed by atoms with Gasteiger partial charge >= 0.3 is 0 Å². The molecule has 188 valence electrons. The average molecular weight is 475 g/mol. The minimum Gasteiger partial charge on any atom is -0.379 e. The highest BCUT2D eigenvalue weighted by Crippen LogP contribution is 2.27. The van der Waals surface area contributed by atoms with Crippen molar-refractivity contribution in [3.8, 4) is 0 Å². The van der Waals surface area contributed by atoms with Crippen LogP contribution in [0.2, 0.25) is 0 Å². The first kappa shape index (κ1) is 24.7. The normalized spacial score (nSPS) is 24.4. The Morgan fingerprint density at radius 1 is 1.18 bits per heavy atom. The zero-order valence-electron chi connectivity index (χ0n) is 20.5. The fraction of sp³-hybridized carbons (Fsp3) is 0.750. The third kappa shape index (κ3) is 5.43. The van der Waals surface area contributed by atoms with E-state index in [2.05, 4.69) is 20.6 Å². The second-order valence-electron chi connectivity index (χ2n) is 9.94. The maximum absolute atomic E-state index is 13.3. The molecule has 1 aromatic heterocycles. The second kappa shape index (κ2) is 10.9. The lowest BCUT2D eigenvalue weighted by atomic mass is 9.95. The molecule has 1 atom stereocenters. The molecule has 0 bridgehead atoms. The van der Waals surface area contributed by atoms with Crippen molar-refractivity contribution in [1.29, 1.82) is 0 Å². The average Bonchev–Trinajstić information content (AvgIpc) is 3.09. The zero-order valence-corrected chi connectivity index (χ0v) is 20.5. The summed E-state index contributed by atoms with van der Waals surface area (Å²) in [6.45, 7) is 6.78. The summed E-state index contributed by atoms with van der Waals surface area (Å²) in [5.74, 6) is -0.766. The molecule has 2 fully saturated rings. The monoisotopic (exact) mass is 474 g/mol. The molecule has 1 saturated carbocycles. The molecule has 2 aliphatic heterocycles. The molecule has 4 rings (SSSR count). The molecule has 3 aliphatic rings. The van der Waals surface area contributed by atoms with Crippen LogP contribution in [0, 0.1) is 0 Å². The Balaban J connectivity index is 1.36.